The predicted octanol–water partition coefficient (Wildman–Crippen LogP) is 3.08. The van der Waals surface area contributed by atoms with Crippen molar-refractivity contribution in [1.82, 2.24) is 14.8 Å². The number of nitrogens with one attached hydrogen (secondary N) is 1. The van der Waals surface area contributed by atoms with Crippen LogP contribution in [0.2, 0.25) is 5.02 Å². The Morgan fingerprint density at radius 3 is 2.92 bits per heavy atom. The lowest BCUT2D eigenvalue weighted by Crippen LogP contribution is -2.21. The number of carbonyl (C=O) groups is 1. The summed E-state index contributed by atoms with van der Waals surface area (Å²) in [7, 11) is 0. The third-order valence-corrected chi connectivity index (χ3v) is 3.33. The summed E-state index contributed by atoms with van der Waals surface area (Å²) in [5.74, 6) is -0.171. The molecule has 122 valence electrons. The zero-order chi connectivity index (χ0) is 16.9. The van der Waals surface area contributed by atoms with E-state index >= 15 is 0 Å². The Balaban J connectivity index is 1.67. The quantitative estimate of drug-likeness (QED) is 0.770. The Labute approximate surface area is 141 Å². The smallest absolute Gasteiger partial charge is 0.262 e. The summed E-state index contributed by atoms with van der Waals surface area (Å²) < 4.78 is 19.8. The van der Waals surface area contributed by atoms with E-state index in [0.717, 1.165) is 6.07 Å². The van der Waals surface area contributed by atoms with Gasteiger partial charge in [0.25, 0.3) is 5.91 Å². The van der Waals surface area contributed by atoms with Crippen molar-refractivity contribution < 1.29 is 13.9 Å². The van der Waals surface area contributed by atoms with Crippen molar-refractivity contribution in [1.29, 1.82) is 0 Å². The maximum absolute atomic E-state index is 13.0. The van der Waals surface area contributed by atoms with Crippen molar-refractivity contribution in [3.8, 4) is 11.6 Å². The van der Waals surface area contributed by atoms with Crippen LogP contribution in [0, 0.1) is 5.82 Å². The summed E-state index contributed by atoms with van der Waals surface area (Å²) >= 11 is 5.85. The zero-order valence-corrected chi connectivity index (χ0v) is 13.1. The molecule has 1 aromatic carbocycles. The lowest BCUT2D eigenvalue weighted by Gasteiger charge is -2.11. The monoisotopic (exact) mass is 346 g/mol. The molecule has 3 aromatic rings. The van der Waals surface area contributed by atoms with Gasteiger partial charge in [-0.05, 0) is 36.4 Å². The summed E-state index contributed by atoms with van der Waals surface area (Å²) in [5.41, 5.74) is 0.486. The van der Waals surface area contributed by atoms with Crippen molar-refractivity contribution in [2.45, 2.75) is 0 Å². The molecule has 0 saturated carbocycles. The number of amides is 1. The van der Waals surface area contributed by atoms with Crippen molar-refractivity contribution in [3.05, 3.63) is 65.8 Å². The molecule has 2 aromatic heterocycles. The van der Waals surface area contributed by atoms with Crippen LogP contribution in [0.1, 0.15) is 0 Å². The molecule has 1 N–H and O–H groups in total. The second-order valence-corrected chi connectivity index (χ2v) is 5.14. The largest absolute Gasteiger partial charge is 0.482 e. The van der Waals surface area contributed by atoms with Crippen LogP contribution >= 0.6 is 11.6 Å². The molecule has 0 radical (unpaired) electrons. The number of anilines is 1. The molecular formula is C16H12ClFN4O2. The Hall–Kier alpha value is -2.93. The average molecular weight is 347 g/mol. The molecule has 8 heteroatoms. The third-order valence-electron chi connectivity index (χ3n) is 3.03. The molecule has 0 bridgehead atoms. The topological polar surface area (TPSA) is 69.0 Å². The van der Waals surface area contributed by atoms with Gasteiger partial charge in [-0.15, -0.1) is 0 Å². The highest BCUT2D eigenvalue weighted by Gasteiger charge is 2.11. The first-order valence-corrected chi connectivity index (χ1v) is 7.34. The molecule has 0 unspecified atom stereocenters. The Kier molecular flexibility index (Phi) is 4.72. The van der Waals surface area contributed by atoms with Gasteiger partial charge in [0.15, 0.2) is 12.4 Å². The van der Waals surface area contributed by atoms with E-state index in [1.807, 2.05) is 0 Å². The first kappa shape index (κ1) is 15.9. The van der Waals surface area contributed by atoms with Crippen LogP contribution in [0.25, 0.3) is 5.82 Å². The summed E-state index contributed by atoms with van der Waals surface area (Å²) in [6.07, 6.45) is 4.92. The van der Waals surface area contributed by atoms with Crippen molar-refractivity contribution in [3.63, 3.8) is 0 Å². The average Bonchev–Trinajstić information content (AvgIpc) is 3.09. The molecule has 0 aliphatic heterocycles. The molecule has 2 heterocycles. The Bertz CT molecular complexity index is 855. The van der Waals surface area contributed by atoms with Crippen LogP contribution in [-0.4, -0.2) is 27.3 Å². The molecule has 6 nitrogen and oxygen atoms in total. The lowest BCUT2D eigenvalue weighted by molar-refractivity contribution is -0.118. The van der Waals surface area contributed by atoms with Gasteiger partial charge < -0.3 is 10.1 Å². The Morgan fingerprint density at radius 1 is 1.29 bits per heavy atom. The Morgan fingerprint density at radius 2 is 2.17 bits per heavy atom. The number of hydrogen-bond donors (Lipinski definition) is 1. The third kappa shape index (κ3) is 3.69. The number of pyridine rings is 1. The van der Waals surface area contributed by atoms with Crippen LogP contribution < -0.4 is 10.1 Å². The van der Waals surface area contributed by atoms with Crippen LogP contribution in [0.5, 0.6) is 5.75 Å². The summed E-state index contributed by atoms with van der Waals surface area (Å²) in [6, 6.07) is 8.83. The molecule has 1 amide bonds. The van der Waals surface area contributed by atoms with Gasteiger partial charge in [0.1, 0.15) is 11.6 Å². The fraction of sp³-hybridized carbons (Fsp3) is 0.0625. The molecule has 3 rings (SSSR count). The fourth-order valence-electron chi connectivity index (χ4n) is 1.99. The molecule has 0 aliphatic rings. The minimum atomic E-state index is -0.476. The van der Waals surface area contributed by atoms with E-state index in [0.29, 0.717) is 11.5 Å². The minimum absolute atomic E-state index is 0.0985. The van der Waals surface area contributed by atoms with Gasteiger partial charge >= 0.3 is 0 Å². The van der Waals surface area contributed by atoms with Crippen LogP contribution in [0.3, 0.4) is 0 Å². The van der Waals surface area contributed by atoms with Crippen molar-refractivity contribution >= 4 is 23.2 Å². The number of benzene rings is 1. The van der Waals surface area contributed by atoms with Crippen LogP contribution in [-0.2, 0) is 4.79 Å². The molecule has 0 spiro atoms. The van der Waals surface area contributed by atoms with E-state index in [2.05, 4.69) is 15.4 Å². The van der Waals surface area contributed by atoms with E-state index in [-0.39, 0.29) is 17.4 Å². The number of rotatable bonds is 5. The highest BCUT2D eigenvalue weighted by atomic mass is 35.5. The minimum Gasteiger partial charge on any atom is -0.482 e. The number of halogens is 2. The van der Waals surface area contributed by atoms with E-state index < -0.39 is 11.7 Å². The van der Waals surface area contributed by atoms with E-state index in [1.54, 1.807) is 36.8 Å². The summed E-state index contributed by atoms with van der Waals surface area (Å²) in [4.78, 5) is 16.3. The van der Waals surface area contributed by atoms with Crippen LogP contribution in [0.4, 0.5) is 10.1 Å². The molecule has 24 heavy (non-hydrogen) atoms. The molecule has 0 atom stereocenters. The SMILES string of the molecule is O=C(COc1ccc(F)cc1Cl)Nc1cccnc1-n1cccn1. The number of hydrogen-bond acceptors (Lipinski definition) is 4. The first-order chi connectivity index (χ1) is 11.6. The van der Waals surface area contributed by atoms with Gasteiger partial charge in [-0.25, -0.2) is 14.1 Å². The molecule has 0 saturated heterocycles. The van der Waals surface area contributed by atoms with Crippen molar-refractivity contribution in [2.75, 3.05) is 11.9 Å². The second-order valence-electron chi connectivity index (χ2n) is 4.74. The van der Waals surface area contributed by atoms with Gasteiger partial charge in [-0.1, -0.05) is 11.6 Å². The van der Waals surface area contributed by atoms with E-state index in [1.165, 1.54) is 16.8 Å². The normalized spacial score (nSPS) is 10.4. The highest BCUT2D eigenvalue weighted by molar-refractivity contribution is 6.32. The van der Waals surface area contributed by atoms with Crippen LogP contribution in [0.15, 0.2) is 55.0 Å². The molecule has 0 aliphatic carbocycles. The van der Waals surface area contributed by atoms with Gasteiger partial charge in [0, 0.05) is 18.6 Å². The van der Waals surface area contributed by atoms with Gasteiger partial charge in [0.05, 0.1) is 10.7 Å². The van der Waals surface area contributed by atoms with Gasteiger partial charge in [-0.2, -0.15) is 5.10 Å². The molecule has 0 fully saturated rings. The standard InChI is InChI=1S/C16H12ClFN4O2/c17-12-9-11(18)4-5-14(12)24-10-15(23)21-13-3-1-6-19-16(13)22-8-2-7-20-22/h1-9H,10H2,(H,21,23). The first-order valence-electron chi connectivity index (χ1n) is 6.96. The maximum Gasteiger partial charge on any atom is 0.262 e. The fourth-order valence-corrected chi connectivity index (χ4v) is 2.21. The van der Waals surface area contributed by atoms with E-state index in [9.17, 15) is 9.18 Å². The predicted molar refractivity (Wildman–Crippen MR) is 86.9 cm³/mol. The second kappa shape index (κ2) is 7.10. The van der Waals surface area contributed by atoms with Gasteiger partial charge in [-0.3, -0.25) is 4.79 Å². The lowest BCUT2D eigenvalue weighted by atomic mass is 10.3. The molecular weight excluding hydrogens is 335 g/mol. The van der Waals surface area contributed by atoms with E-state index in [4.69, 9.17) is 16.3 Å². The number of aromatic nitrogens is 3. The van der Waals surface area contributed by atoms with Crippen molar-refractivity contribution in [2.24, 2.45) is 0 Å². The maximum atomic E-state index is 13.0. The van der Waals surface area contributed by atoms with Gasteiger partial charge in [0.2, 0.25) is 0 Å². The number of nitrogens with zero attached hydrogens (tertiary/aromatic N) is 3. The zero-order valence-electron chi connectivity index (χ0n) is 12.3. The highest BCUT2D eigenvalue weighted by Crippen LogP contribution is 2.25. The summed E-state index contributed by atoms with van der Waals surface area (Å²) in [6.45, 7) is -0.279. The number of carbonyl (C=O) groups excluding carboxylic acids is 1. The summed E-state index contributed by atoms with van der Waals surface area (Å²) in [5, 5.41) is 6.88. The number of ether oxygens (including phenoxy) is 1.